The summed E-state index contributed by atoms with van der Waals surface area (Å²) in [6, 6.07) is 0. The summed E-state index contributed by atoms with van der Waals surface area (Å²) >= 11 is 0. The summed E-state index contributed by atoms with van der Waals surface area (Å²) in [4.78, 5) is 12.6. The van der Waals surface area contributed by atoms with E-state index in [1.807, 2.05) is 0 Å². The van der Waals surface area contributed by atoms with E-state index >= 15 is 0 Å². The van der Waals surface area contributed by atoms with Crippen molar-refractivity contribution in [2.75, 3.05) is 0 Å². The third-order valence-corrected chi connectivity index (χ3v) is 12.0. The van der Waals surface area contributed by atoms with Gasteiger partial charge in [-0.1, -0.05) is 25.5 Å². The Morgan fingerprint density at radius 3 is 2.26 bits per heavy atom. The van der Waals surface area contributed by atoms with Crippen molar-refractivity contribution in [3.63, 3.8) is 0 Å². The SMILES string of the molecule is CC(=O)[C@H]1CC[C@H]2[C@@H]3C[C@H](O[C@@H]4O[C@H](C)[C@@H](OS(=O)(=O)O)[C@H](O)[C@H]4O)[C@H]4C[C@@H](OS(=O)(=O)O)CC[C@]4(C)C3=CC[C@]12C. The van der Waals surface area contributed by atoms with Gasteiger partial charge in [0, 0.05) is 5.92 Å². The van der Waals surface area contributed by atoms with Gasteiger partial charge in [-0.3, -0.25) is 13.9 Å². The van der Waals surface area contributed by atoms with Crippen LogP contribution in [0.4, 0.5) is 0 Å². The van der Waals surface area contributed by atoms with Crippen molar-refractivity contribution in [1.29, 1.82) is 0 Å². The quantitative estimate of drug-likeness (QED) is 0.233. The first-order chi connectivity index (χ1) is 19.3. The maximum Gasteiger partial charge on any atom is 0.397 e. The average Bonchev–Trinajstić information content (AvgIpc) is 3.22. The van der Waals surface area contributed by atoms with Gasteiger partial charge in [-0.05, 0) is 87.4 Å². The van der Waals surface area contributed by atoms with E-state index in [0.29, 0.717) is 19.3 Å². The number of ether oxygens (including phenoxy) is 2. The number of hydrogen-bond donors (Lipinski definition) is 4. The molecule has 0 spiro atoms. The number of aliphatic hydroxyl groups excluding tert-OH is 2. The molecule has 0 bridgehead atoms. The van der Waals surface area contributed by atoms with Crippen LogP contribution in [-0.4, -0.2) is 84.9 Å². The highest BCUT2D eigenvalue weighted by atomic mass is 32.3. The lowest BCUT2D eigenvalue weighted by Gasteiger charge is -2.59. The molecule has 1 aliphatic heterocycles. The Morgan fingerprint density at radius 2 is 1.64 bits per heavy atom. The van der Waals surface area contributed by atoms with E-state index in [1.165, 1.54) is 12.5 Å². The normalized spacial score (nSPS) is 47.6. The molecule has 4 aliphatic carbocycles. The average molecular weight is 639 g/mol. The molecule has 0 aromatic heterocycles. The lowest BCUT2D eigenvalue weighted by Crippen LogP contribution is -2.61. The topological polar surface area (TPSA) is 203 Å². The Bertz CT molecular complexity index is 1310. The lowest BCUT2D eigenvalue weighted by molar-refractivity contribution is -0.312. The molecule has 0 radical (unpaired) electrons. The van der Waals surface area contributed by atoms with Crippen LogP contribution in [-0.2, 0) is 43.4 Å². The van der Waals surface area contributed by atoms with E-state index < -0.39 is 69.1 Å². The molecular weight excluding hydrogens is 596 g/mol. The highest BCUT2D eigenvalue weighted by Crippen LogP contribution is 2.66. The maximum absolute atomic E-state index is 12.6. The zero-order valence-electron chi connectivity index (χ0n) is 24.2. The maximum atomic E-state index is 12.6. The Balaban J connectivity index is 1.46. The van der Waals surface area contributed by atoms with E-state index in [9.17, 15) is 36.4 Å². The second-order valence-electron chi connectivity index (χ2n) is 13.4. The molecule has 15 heteroatoms. The summed E-state index contributed by atoms with van der Waals surface area (Å²) in [5, 5.41) is 21.6. The van der Waals surface area contributed by atoms with Crippen molar-refractivity contribution in [3.8, 4) is 0 Å². The molecule has 13 nitrogen and oxygen atoms in total. The summed E-state index contributed by atoms with van der Waals surface area (Å²) < 4.78 is 85.9. The third-order valence-electron chi connectivity index (χ3n) is 11.0. The number of aliphatic hydroxyl groups is 2. The first-order valence-electron chi connectivity index (χ1n) is 14.5. The van der Waals surface area contributed by atoms with Crippen LogP contribution in [0.2, 0.25) is 0 Å². The molecule has 0 unspecified atom stereocenters. The predicted octanol–water partition coefficient (Wildman–Crippen LogP) is 1.99. The molecule has 3 saturated carbocycles. The smallest absolute Gasteiger partial charge is 0.387 e. The first-order valence-corrected chi connectivity index (χ1v) is 17.3. The van der Waals surface area contributed by atoms with E-state index in [-0.39, 0.29) is 41.3 Å². The molecule has 5 aliphatic rings. The number of rotatable bonds is 7. The lowest BCUT2D eigenvalue weighted by atomic mass is 9.48. The van der Waals surface area contributed by atoms with Crippen molar-refractivity contribution >= 4 is 26.6 Å². The molecule has 42 heavy (non-hydrogen) atoms. The fraction of sp³-hybridized carbons (Fsp3) is 0.889. The van der Waals surface area contributed by atoms with Gasteiger partial charge in [-0.25, -0.2) is 8.37 Å². The molecule has 13 atom stereocenters. The minimum Gasteiger partial charge on any atom is -0.387 e. The molecule has 0 aromatic carbocycles. The number of hydrogen-bond acceptors (Lipinski definition) is 11. The number of carbonyl (C=O) groups is 1. The Morgan fingerprint density at radius 1 is 0.976 bits per heavy atom. The van der Waals surface area contributed by atoms with E-state index in [2.05, 4.69) is 24.1 Å². The van der Waals surface area contributed by atoms with Crippen LogP contribution in [0.1, 0.15) is 72.6 Å². The van der Waals surface area contributed by atoms with Gasteiger partial charge in [0.2, 0.25) is 0 Å². The number of ketones is 1. The standard InChI is InChI=1S/C27H42O13S2/c1-13(28)17-5-6-18-16-12-21(38-25-23(30)22(29)24(14(2)37-25)40-42(34,35)36)20-11-15(39-41(31,32)33)7-9-27(20,4)19(16)8-10-26(17,18)3/h8,14-18,20-25,29-30H,5-7,9-12H2,1-4H3,(H,31,32,33)(H,34,35,36)/t14-,15+,16+,17-,18+,20-,21+,22-,23-,24-,25+,26-,27-/m1/s1. The van der Waals surface area contributed by atoms with Gasteiger partial charge < -0.3 is 19.7 Å². The van der Waals surface area contributed by atoms with Crippen LogP contribution in [0.3, 0.4) is 0 Å². The summed E-state index contributed by atoms with van der Waals surface area (Å²) in [7, 11) is -9.64. The van der Waals surface area contributed by atoms with Crippen LogP contribution in [0, 0.1) is 34.5 Å². The highest BCUT2D eigenvalue weighted by Gasteiger charge is 2.61. The molecule has 1 heterocycles. The molecular formula is C27H42O13S2. The summed E-state index contributed by atoms with van der Waals surface area (Å²) in [6.07, 6.45) is -2.61. The molecule has 1 saturated heterocycles. The van der Waals surface area contributed by atoms with E-state index in [4.69, 9.17) is 18.2 Å². The van der Waals surface area contributed by atoms with Crippen molar-refractivity contribution in [2.24, 2.45) is 34.5 Å². The van der Waals surface area contributed by atoms with Gasteiger partial charge in [0.05, 0.1) is 18.3 Å². The molecule has 4 N–H and O–H groups in total. The number of fused-ring (bicyclic) bond motifs is 5. The van der Waals surface area contributed by atoms with Gasteiger partial charge in [-0.15, -0.1) is 0 Å². The summed E-state index contributed by atoms with van der Waals surface area (Å²) in [6.45, 7) is 7.34. The molecule has 0 amide bonds. The minimum atomic E-state index is -4.95. The van der Waals surface area contributed by atoms with Gasteiger partial charge in [0.1, 0.15) is 24.1 Å². The summed E-state index contributed by atoms with van der Waals surface area (Å²) in [5.41, 5.74) is 0.595. The van der Waals surface area contributed by atoms with Crippen molar-refractivity contribution < 1.29 is 58.8 Å². The van der Waals surface area contributed by atoms with Gasteiger partial charge in [0.25, 0.3) is 0 Å². The first kappa shape index (κ1) is 32.4. The minimum absolute atomic E-state index is 0.0525. The Labute approximate surface area is 246 Å². The zero-order chi connectivity index (χ0) is 31.0. The van der Waals surface area contributed by atoms with Crippen LogP contribution >= 0.6 is 0 Å². The van der Waals surface area contributed by atoms with Gasteiger partial charge in [0.15, 0.2) is 6.29 Å². The van der Waals surface area contributed by atoms with Crippen LogP contribution in [0.5, 0.6) is 0 Å². The molecule has 5 rings (SSSR count). The van der Waals surface area contributed by atoms with E-state index in [0.717, 1.165) is 19.3 Å². The largest absolute Gasteiger partial charge is 0.397 e. The van der Waals surface area contributed by atoms with Gasteiger partial charge >= 0.3 is 20.8 Å². The van der Waals surface area contributed by atoms with Crippen molar-refractivity contribution in [3.05, 3.63) is 11.6 Å². The molecule has 240 valence electrons. The second-order valence-corrected chi connectivity index (χ2v) is 15.5. The Kier molecular flexibility index (Phi) is 8.56. The fourth-order valence-corrected chi connectivity index (χ4v) is 10.2. The second kappa shape index (κ2) is 11.1. The van der Waals surface area contributed by atoms with Crippen molar-refractivity contribution in [2.45, 2.75) is 116 Å². The summed E-state index contributed by atoms with van der Waals surface area (Å²) in [5.74, 6) is 0.0671. The van der Waals surface area contributed by atoms with Crippen LogP contribution < -0.4 is 0 Å². The number of allylic oxidation sites excluding steroid dienone is 2. The zero-order valence-corrected chi connectivity index (χ0v) is 25.8. The van der Waals surface area contributed by atoms with E-state index in [1.54, 1.807) is 6.92 Å². The highest BCUT2D eigenvalue weighted by molar-refractivity contribution is 7.81. The van der Waals surface area contributed by atoms with Crippen LogP contribution in [0.25, 0.3) is 0 Å². The monoisotopic (exact) mass is 638 g/mol. The molecule has 4 fully saturated rings. The number of carbonyl (C=O) groups excluding carboxylic acids is 1. The Hall–Kier alpha value is -1.01. The van der Waals surface area contributed by atoms with Crippen molar-refractivity contribution in [1.82, 2.24) is 0 Å². The third kappa shape index (κ3) is 5.86. The van der Waals surface area contributed by atoms with Crippen LogP contribution in [0.15, 0.2) is 11.6 Å². The molecule has 0 aromatic rings. The predicted molar refractivity (Wildman–Crippen MR) is 145 cm³/mol. The number of Topliss-reactive ketones (excluding diaryl/α,β-unsaturated/α-hetero) is 1. The fourth-order valence-electron chi connectivity index (χ4n) is 9.15. The van der Waals surface area contributed by atoms with Gasteiger partial charge in [-0.2, -0.15) is 16.8 Å².